The van der Waals surface area contributed by atoms with Crippen LogP contribution in [0.3, 0.4) is 0 Å². The van der Waals surface area contributed by atoms with Gasteiger partial charge in [0.25, 0.3) is 5.82 Å². The van der Waals surface area contributed by atoms with Crippen LogP contribution in [-0.4, -0.2) is 32.6 Å². The lowest BCUT2D eigenvalue weighted by molar-refractivity contribution is 0.0886. The van der Waals surface area contributed by atoms with E-state index in [4.69, 9.17) is 10.00 Å². The van der Waals surface area contributed by atoms with Gasteiger partial charge in [-0.3, -0.25) is 0 Å². The maximum atomic E-state index is 9.98. The number of aliphatic hydroxyl groups excluding tert-OH is 1. The quantitative estimate of drug-likeness (QED) is 0.874. The lowest BCUT2D eigenvalue weighted by Crippen LogP contribution is -2.24. The highest BCUT2D eigenvalue weighted by molar-refractivity contribution is 5.35. The first kappa shape index (κ1) is 15.0. The number of aromatic nitrogens is 3. The van der Waals surface area contributed by atoms with Crippen LogP contribution in [0.4, 0.5) is 0 Å². The van der Waals surface area contributed by atoms with Gasteiger partial charge in [-0.25, -0.2) is 9.67 Å². The minimum Gasteiger partial charge on any atom is -0.491 e. The smallest absolute Gasteiger partial charge is 0.252 e. The van der Waals surface area contributed by atoms with Crippen molar-refractivity contribution < 1.29 is 9.84 Å². The van der Waals surface area contributed by atoms with Gasteiger partial charge < -0.3 is 9.84 Å². The van der Waals surface area contributed by atoms with Gasteiger partial charge in [-0.05, 0) is 17.5 Å². The Hall–Kier alpha value is -2.39. The Balaban J connectivity index is 1.92. The molecule has 21 heavy (non-hydrogen) atoms. The first-order valence-corrected chi connectivity index (χ1v) is 6.79. The fourth-order valence-corrected chi connectivity index (χ4v) is 1.98. The average molecular weight is 286 g/mol. The summed E-state index contributed by atoms with van der Waals surface area (Å²) in [4.78, 5) is 3.78. The number of para-hydroxylation sites is 1. The molecule has 6 nitrogen and oxygen atoms in total. The SMILES string of the molecule is CC(C)c1ccccc1OCC(O)Cn1cnc(C#N)n1. The highest BCUT2D eigenvalue weighted by Crippen LogP contribution is 2.25. The van der Waals surface area contributed by atoms with Gasteiger partial charge in [0, 0.05) is 0 Å². The molecule has 0 aliphatic heterocycles. The first-order chi connectivity index (χ1) is 10.1. The Kier molecular flexibility index (Phi) is 4.90. The molecular formula is C15H18N4O2. The number of hydrogen-bond donors (Lipinski definition) is 1. The van der Waals surface area contributed by atoms with E-state index < -0.39 is 6.10 Å². The van der Waals surface area contributed by atoms with Gasteiger partial charge in [0.05, 0.1) is 6.54 Å². The van der Waals surface area contributed by atoms with Gasteiger partial charge in [-0.2, -0.15) is 5.26 Å². The molecule has 1 N–H and O–H groups in total. The number of hydrogen-bond acceptors (Lipinski definition) is 5. The number of rotatable bonds is 6. The molecule has 0 saturated heterocycles. The van der Waals surface area contributed by atoms with Crippen LogP contribution in [0.1, 0.15) is 31.2 Å². The minimum atomic E-state index is -0.724. The maximum Gasteiger partial charge on any atom is 0.252 e. The third kappa shape index (κ3) is 4.04. The van der Waals surface area contributed by atoms with Crippen LogP contribution in [-0.2, 0) is 6.54 Å². The molecule has 1 heterocycles. The van der Waals surface area contributed by atoms with Crippen LogP contribution in [0.25, 0.3) is 0 Å². The fourth-order valence-electron chi connectivity index (χ4n) is 1.98. The molecule has 0 bridgehead atoms. The first-order valence-electron chi connectivity index (χ1n) is 6.79. The van der Waals surface area contributed by atoms with E-state index in [-0.39, 0.29) is 19.0 Å². The summed E-state index contributed by atoms with van der Waals surface area (Å²) in [6, 6.07) is 9.63. The molecule has 1 aromatic carbocycles. The standard InChI is InChI=1S/C15H18N4O2/c1-11(2)13-5-3-4-6-14(13)21-9-12(20)8-19-10-17-15(7-16)18-19/h3-6,10-12,20H,8-9H2,1-2H3. The molecule has 1 aromatic heterocycles. The fraction of sp³-hybridized carbons (Fsp3) is 0.400. The van der Waals surface area contributed by atoms with E-state index in [1.807, 2.05) is 30.3 Å². The monoisotopic (exact) mass is 286 g/mol. The van der Waals surface area contributed by atoms with E-state index in [1.54, 1.807) is 0 Å². The molecule has 0 fully saturated rings. The van der Waals surface area contributed by atoms with Crippen LogP contribution in [0.15, 0.2) is 30.6 Å². The number of benzene rings is 1. The van der Waals surface area contributed by atoms with Gasteiger partial charge >= 0.3 is 0 Å². The molecule has 2 rings (SSSR count). The molecule has 0 spiro atoms. The molecule has 6 heteroatoms. The Bertz CT molecular complexity index is 631. The Morgan fingerprint density at radius 1 is 1.38 bits per heavy atom. The second kappa shape index (κ2) is 6.86. The molecule has 0 saturated carbocycles. The van der Waals surface area contributed by atoms with Crippen molar-refractivity contribution in [1.82, 2.24) is 14.8 Å². The predicted octanol–water partition coefficient (Wildman–Crippen LogP) is 1.71. The van der Waals surface area contributed by atoms with Crippen molar-refractivity contribution in [3.05, 3.63) is 42.0 Å². The maximum absolute atomic E-state index is 9.98. The normalized spacial score (nSPS) is 12.1. The zero-order valence-electron chi connectivity index (χ0n) is 12.1. The highest BCUT2D eigenvalue weighted by atomic mass is 16.5. The number of nitrogens with zero attached hydrogens (tertiary/aromatic N) is 4. The van der Waals surface area contributed by atoms with Crippen LogP contribution < -0.4 is 4.74 Å². The van der Waals surface area contributed by atoms with Gasteiger partial charge in [-0.1, -0.05) is 32.0 Å². The van der Waals surface area contributed by atoms with Gasteiger partial charge in [0.2, 0.25) is 0 Å². The summed E-state index contributed by atoms with van der Waals surface area (Å²) in [5.41, 5.74) is 1.11. The Morgan fingerprint density at radius 2 is 2.14 bits per heavy atom. The van der Waals surface area contributed by atoms with E-state index >= 15 is 0 Å². The van der Waals surface area contributed by atoms with Crippen LogP contribution in [0.5, 0.6) is 5.75 Å². The molecule has 1 atom stereocenters. The number of ether oxygens (including phenoxy) is 1. The molecule has 1 unspecified atom stereocenters. The van der Waals surface area contributed by atoms with Crippen molar-refractivity contribution in [2.24, 2.45) is 0 Å². The van der Waals surface area contributed by atoms with Crippen molar-refractivity contribution in [1.29, 1.82) is 5.26 Å². The van der Waals surface area contributed by atoms with Crippen molar-refractivity contribution >= 4 is 0 Å². The van der Waals surface area contributed by atoms with Crippen LogP contribution in [0.2, 0.25) is 0 Å². The molecule has 110 valence electrons. The summed E-state index contributed by atoms with van der Waals surface area (Å²) in [6.45, 7) is 4.58. The van der Waals surface area contributed by atoms with Crippen molar-refractivity contribution in [2.75, 3.05) is 6.61 Å². The third-order valence-corrected chi connectivity index (χ3v) is 3.01. The lowest BCUT2D eigenvalue weighted by Gasteiger charge is -2.16. The zero-order valence-corrected chi connectivity index (χ0v) is 12.1. The molecule has 0 aliphatic carbocycles. The van der Waals surface area contributed by atoms with Gasteiger partial charge in [0.1, 0.15) is 30.9 Å². The third-order valence-electron chi connectivity index (χ3n) is 3.01. The number of nitriles is 1. The van der Waals surface area contributed by atoms with E-state index in [0.29, 0.717) is 5.92 Å². The van der Waals surface area contributed by atoms with Crippen molar-refractivity contribution in [3.8, 4) is 11.8 Å². The summed E-state index contributed by atoms with van der Waals surface area (Å²) in [7, 11) is 0. The van der Waals surface area contributed by atoms with E-state index in [2.05, 4.69) is 23.9 Å². The summed E-state index contributed by atoms with van der Waals surface area (Å²) in [5, 5.41) is 22.5. The molecule has 0 amide bonds. The molecule has 0 aliphatic rings. The van der Waals surface area contributed by atoms with Crippen molar-refractivity contribution in [3.63, 3.8) is 0 Å². The largest absolute Gasteiger partial charge is 0.491 e. The predicted molar refractivity (Wildman–Crippen MR) is 76.8 cm³/mol. The van der Waals surface area contributed by atoms with Crippen LogP contribution >= 0.6 is 0 Å². The second-order valence-electron chi connectivity index (χ2n) is 5.06. The van der Waals surface area contributed by atoms with E-state index in [9.17, 15) is 5.11 Å². The van der Waals surface area contributed by atoms with Crippen LogP contribution in [0, 0.1) is 11.3 Å². The highest BCUT2D eigenvalue weighted by Gasteiger charge is 2.11. The van der Waals surface area contributed by atoms with E-state index in [0.717, 1.165) is 11.3 Å². The summed E-state index contributed by atoms with van der Waals surface area (Å²) >= 11 is 0. The lowest BCUT2D eigenvalue weighted by atomic mass is 10.0. The summed E-state index contributed by atoms with van der Waals surface area (Å²) in [5.74, 6) is 1.22. The average Bonchev–Trinajstić information content (AvgIpc) is 2.93. The van der Waals surface area contributed by atoms with E-state index in [1.165, 1.54) is 11.0 Å². The van der Waals surface area contributed by atoms with Gasteiger partial charge in [0.15, 0.2) is 0 Å². The number of aliphatic hydroxyl groups is 1. The van der Waals surface area contributed by atoms with Gasteiger partial charge in [-0.15, -0.1) is 5.10 Å². The van der Waals surface area contributed by atoms with Crippen molar-refractivity contribution in [2.45, 2.75) is 32.4 Å². The Morgan fingerprint density at radius 3 is 2.81 bits per heavy atom. The second-order valence-corrected chi connectivity index (χ2v) is 5.06. The molecule has 2 aromatic rings. The molecule has 0 radical (unpaired) electrons. The summed E-state index contributed by atoms with van der Waals surface area (Å²) in [6.07, 6.45) is 0.697. The molecular weight excluding hydrogens is 268 g/mol. The zero-order chi connectivity index (χ0) is 15.2. The minimum absolute atomic E-state index is 0.0910. The Labute approximate surface area is 123 Å². The summed E-state index contributed by atoms with van der Waals surface area (Å²) < 4.78 is 7.12. The topological polar surface area (TPSA) is 84.0 Å².